The molecule has 6 nitrogen and oxygen atoms in total. The normalized spacial score (nSPS) is 15.5. The SMILES string of the molecule is [B]C(C)(CC(C)(C)NCc1cc(CNCC)c(N)c(CNC(C)CC(C)(C)NC)c1)NC. The zero-order valence-corrected chi connectivity index (χ0v) is 22.1. The van der Waals surface area contributed by atoms with Gasteiger partial charge in [0.1, 0.15) is 0 Å². The minimum absolute atomic E-state index is 0.0936. The van der Waals surface area contributed by atoms with Crippen LogP contribution < -0.4 is 32.3 Å². The zero-order valence-electron chi connectivity index (χ0n) is 22.1. The van der Waals surface area contributed by atoms with E-state index in [1.807, 2.05) is 21.0 Å². The fourth-order valence-electron chi connectivity index (χ4n) is 4.14. The molecule has 1 aromatic carbocycles. The molecule has 0 heterocycles. The van der Waals surface area contributed by atoms with E-state index in [4.69, 9.17) is 13.6 Å². The molecule has 0 bridgehead atoms. The number of nitrogens with two attached hydrogens (primary N) is 1. The maximum Gasteiger partial charge on any atom is 0.0950 e. The molecule has 2 atom stereocenters. The van der Waals surface area contributed by atoms with Gasteiger partial charge in [0.2, 0.25) is 0 Å². The highest BCUT2D eigenvalue weighted by atomic mass is 15.0. The van der Waals surface area contributed by atoms with Crippen LogP contribution in [0, 0.1) is 0 Å². The summed E-state index contributed by atoms with van der Waals surface area (Å²) in [6, 6.07) is 4.83. The van der Waals surface area contributed by atoms with Crippen LogP contribution in [0.3, 0.4) is 0 Å². The molecule has 182 valence electrons. The maximum absolute atomic E-state index is 6.58. The van der Waals surface area contributed by atoms with Gasteiger partial charge in [0.25, 0.3) is 0 Å². The van der Waals surface area contributed by atoms with Crippen molar-refractivity contribution < 1.29 is 0 Å². The van der Waals surface area contributed by atoms with E-state index in [1.165, 1.54) is 5.56 Å². The number of anilines is 1. The first-order valence-corrected chi connectivity index (χ1v) is 12.0. The molecule has 0 aliphatic carbocycles. The van der Waals surface area contributed by atoms with Crippen molar-refractivity contribution in [3.05, 3.63) is 28.8 Å². The molecular weight excluding hydrogens is 395 g/mol. The second kappa shape index (κ2) is 12.4. The largest absolute Gasteiger partial charge is 0.398 e. The number of nitrogen functional groups attached to an aromatic ring is 1. The summed E-state index contributed by atoms with van der Waals surface area (Å²) in [6.07, 6.45) is 1.84. The highest BCUT2D eigenvalue weighted by Crippen LogP contribution is 2.23. The summed E-state index contributed by atoms with van der Waals surface area (Å²) < 4.78 is 0. The monoisotopic (exact) mass is 444 g/mol. The molecule has 2 unspecified atom stereocenters. The Morgan fingerprint density at radius 2 is 1.53 bits per heavy atom. The molecule has 7 N–H and O–H groups in total. The molecule has 0 fully saturated rings. The van der Waals surface area contributed by atoms with Crippen molar-refractivity contribution in [2.24, 2.45) is 0 Å². The van der Waals surface area contributed by atoms with Crippen molar-refractivity contribution >= 4 is 13.5 Å². The molecule has 32 heavy (non-hydrogen) atoms. The second-order valence-electron chi connectivity index (χ2n) is 10.8. The van der Waals surface area contributed by atoms with E-state index in [0.717, 1.165) is 55.8 Å². The van der Waals surface area contributed by atoms with Gasteiger partial charge in [-0.2, -0.15) is 0 Å². The second-order valence-corrected chi connectivity index (χ2v) is 10.8. The van der Waals surface area contributed by atoms with Crippen LogP contribution in [0.15, 0.2) is 12.1 Å². The van der Waals surface area contributed by atoms with Gasteiger partial charge in [-0.25, -0.2) is 0 Å². The Morgan fingerprint density at radius 1 is 0.938 bits per heavy atom. The molecule has 0 saturated heterocycles. The predicted molar refractivity (Wildman–Crippen MR) is 141 cm³/mol. The Hall–Kier alpha value is -1.12. The first kappa shape index (κ1) is 28.9. The molecule has 0 aliphatic heterocycles. The van der Waals surface area contributed by atoms with Crippen molar-refractivity contribution in [2.45, 2.75) is 104 Å². The summed E-state index contributed by atoms with van der Waals surface area (Å²) >= 11 is 0. The zero-order chi connectivity index (χ0) is 24.6. The maximum atomic E-state index is 6.58. The van der Waals surface area contributed by atoms with Crippen molar-refractivity contribution in [3.8, 4) is 0 Å². The third-order valence-corrected chi connectivity index (χ3v) is 6.26. The molecule has 2 radical (unpaired) electrons. The van der Waals surface area contributed by atoms with Gasteiger partial charge in [-0.05, 0) is 90.2 Å². The van der Waals surface area contributed by atoms with E-state index in [9.17, 15) is 0 Å². The van der Waals surface area contributed by atoms with Gasteiger partial charge < -0.3 is 32.3 Å². The first-order chi connectivity index (χ1) is 14.7. The molecule has 0 aliphatic rings. The summed E-state index contributed by atoms with van der Waals surface area (Å²) in [5, 5.41) is 17.3. The summed E-state index contributed by atoms with van der Waals surface area (Å²) in [7, 11) is 10.2. The van der Waals surface area contributed by atoms with Crippen LogP contribution in [0.5, 0.6) is 0 Å². The third kappa shape index (κ3) is 10.2. The van der Waals surface area contributed by atoms with Crippen LogP contribution in [-0.4, -0.2) is 51.0 Å². The van der Waals surface area contributed by atoms with Crippen molar-refractivity contribution in [1.29, 1.82) is 0 Å². The number of hydrogen-bond donors (Lipinski definition) is 6. The van der Waals surface area contributed by atoms with E-state index in [-0.39, 0.29) is 11.1 Å². The lowest BCUT2D eigenvalue weighted by Crippen LogP contribution is -2.51. The molecule has 0 saturated carbocycles. The summed E-state index contributed by atoms with van der Waals surface area (Å²) in [5.41, 5.74) is 10.6. The van der Waals surface area contributed by atoms with E-state index in [2.05, 4.69) is 80.3 Å². The summed E-state index contributed by atoms with van der Waals surface area (Å²) in [6.45, 7) is 18.4. The van der Waals surface area contributed by atoms with Gasteiger partial charge in [0, 0.05) is 42.4 Å². The van der Waals surface area contributed by atoms with Crippen molar-refractivity contribution in [2.75, 3.05) is 26.4 Å². The molecule has 0 amide bonds. The van der Waals surface area contributed by atoms with Gasteiger partial charge >= 0.3 is 0 Å². The fraction of sp³-hybridized carbons (Fsp3) is 0.760. The van der Waals surface area contributed by atoms with Crippen LogP contribution in [0.4, 0.5) is 5.69 Å². The van der Waals surface area contributed by atoms with Crippen LogP contribution in [-0.2, 0) is 19.6 Å². The van der Waals surface area contributed by atoms with Gasteiger partial charge in [-0.15, -0.1) is 0 Å². The number of rotatable bonds is 15. The molecule has 0 aromatic heterocycles. The Balaban J connectivity index is 2.97. The quantitative estimate of drug-likeness (QED) is 0.184. The lowest BCUT2D eigenvalue weighted by molar-refractivity contribution is 0.302. The molecular formula is C25H49BN6. The minimum atomic E-state index is -0.417. The van der Waals surface area contributed by atoms with Gasteiger partial charge in [-0.1, -0.05) is 26.0 Å². The first-order valence-electron chi connectivity index (χ1n) is 12.0. The van der Waals surface area contributed by atoms with E-state index in [0.29, 0.717) is 6.04 Å². The van der Waals surface area contributed by atoms with Crippen molar-refractivity contribution in [1.82, 2.24) is 26.6 Å². The summed E-state index contributed by atoms with van der Waals surface area (Å²) in [5.74, 6) is 0. The Bertz CT molecular complexity index is 702. The topological polar surface area (TPSA) is 86.2 Å². The average molecular weight is 445 g/mol. The van der Waals surface area contributed by atoms with E-state index in [1.54, 1.807) is 0 Å². The number of hydrogen-bond acceptors (Lipinski definition) is 6. The smallest absolute Gasteiger partial charge is 0.0950 e. The highest BCUT2D eigenvalue weighted by molar-refractivity contribution is 6.15. The number of benzene rings is 1. The Kier molecular flexibility index (Phi) is 11.2. The van der Waals surface area contributed by atoms with Gasteiger partial charge in [0.05, 0.1) is 7.85 Å². The lowest BCUT2D eigenvalue weighted by Gasteiger charge is -2.36. The highest BCUT2D eigenvalue weighted by Gasteiger charge is 2.26. The Morgan fingerprint density at radius 3 is 2.06 bits per heavy atom. The number of nitrogens with one attached hydrogen (secondary N) is 5. The Labute approximate surface area is 199 Å². The van der Waals surface area contributed by atoms with Crippen LogP contribution in [0.2, 0.25) is 0 Å². The lowest BCUT2D eigenvalue weighted by atomic mass is 9.71. The molecule has 0 spiro atoms. The van der Waals surface area contributed by atoms with Crippen LogP contribution >= 0.6 is 0 Å². The van der Waals surface area contributed by atoms with Crippen LogP contribution in [0.25, 0.3) is 0 Å². The molecule has 1 aromatic rings. The molecule has 1 rings (SSSR count). The third-order valence-electron chi connectivity index (χ3n) is 6.26. The van der Waals surface area contributed by atoms with E-state index < -0.39 is 5.44 Å². The standard InChI is InChI=1S/C25H49BN6/c1-10-30-15-20-11-19(14-32-24(5,6)17-25(7,26)29-9)12-21(22(20)27)16-31-18(2)13-23(3,4)28-8/h11-12,18,28-32H,10,13-17,27H2,1-9H3. The van der Waals surface area contributed by atoms with Gasteiger partial charge in [-0.3, -0.25) is 0 Å². The van der Waals surface area contributed by atoms with E-state index >= 15 is 0 Å². The predicted octanol–water partition coefficient (Wildman–Crippen LogP) is 2.61. The van der Waals surface area contributed by atoms with Crippen LogP contribution in [0.1, 0.15) is 78.0 Å². The fourth-order valence-corrected chi connectivity index (χ4v) is 4.14. The molecule has 7 heteroatoms. The van der Waals surface area contributed by atoms with Crippen molar-refractivity contribution in [3.63, 3.8) is 0 Å². The average Bonchev–Trinajstić information content (AvgIpc) is 2.70. The summed E-state index contributed by atoms with van der Waals surface area (Å²) in [4.78, 5) is 0. The minimum Gasteiger partial charge on any atom is -0.398 e. The van der Waals surface area contributed by atoms with Gasteiger partial charge in [0.15, 0.2) is 0 Å².